The molecule has 1 N–H and O–H groups in total. The van der Waals surface area contributed by atoms with Gasteiger partial charge in [0.2, 0.25) is 0 Å². The summed E-state index contributed by atoms with van der Waals surface area (Å²) in [4.78, 5) is 7.08. The number of ether oxygens (including phenoxy) is 1. The third-order valence-electron chi connectivity index (χ3n) is 5.30. The van der Waals surface area contributed by atoms with Gasteiger partial charge in [-0.05, 0) is 50.8 Å². The Kier molecular flexibility index (Phi) is 4.48. The third-order valence-corrected chi connectivity index (χ3v) is 5.30. The zero-order chi connectivity index (χ0) is 17.4. The maximum absolute atomic E-state index is 5.41. The summed E-state index contributed by atoms with van der Waals surface area (Å²) < 4.78 is 10.5. The van der Waals surface area contributed by atoms with E-state index in [1.54, 1.807) is 7.11 Å². The minimum absolute atomic E-state index is 0.359. The van der Waals surface area contributed by atoms with Crippen molar-refractivity contribution in [3.63, 3.8) is 0 Å². The van der Waals surface area contributed by atoms with Crippen molar-refractivity contribution in [3.05, 3.63) is 29.6 Å². The minimum atomic E-state index is 0.359. The molecule has 0 radical (unpaired) electrons. The molecule has 6 heteroatoms. The molecule has 6 nitrogen and oxygen atoms in total. The SMILES string of the molecule is COCc1noc(-c2cccc(NC3CC(C)N(C4CC4)C3)c2C)n1. The Balaban J connectivity index is 1.51. The van der Waals surface area contributed by atoms with Gasteiger partial charge in [-0.1, -0.05) is 11.2 Å². The molecule has 1 aromatic heterocycles. The van der Waals surface area contributed by atoms with E-state index in [2.05, 4.69) is 40.3 Å². The van der Waals surface area contributed by atoms with Gasteiger partial charge in [-0.15, -0.1) is 0 Å². The highest BCUT2D eigenvalue weighted by atomic mass is 16.5. The maximum Gasteiger partial charge on any atom is 0.258 e. The second-order valence-corrected chi connectivity index (χ2v) is 7.28. The summed E-state index contributed by atoms with van der Waals surface area (Å²) in [6.45, 7) is 5.94. The quantitative estimate of drug-likeness (QED) is 0.869. The van der Waals surface area contributed by atoms with E-state index in [9.17, 15) is 0 Å². The lowest BCUT2D eigenvalue weighted by Gasteiger charge is -2.20. The number of anilines is 1. The van der Waals surface area contributed by atoms with Crippen molar-refractivity contribution >= 4 is 5.69 Å². The van der Waals surface area contributed by atoms with Crippen molar-refractivity contribution in [1.29, 1.82) is 0 Å². The highest BCUT2D eigenvalue weighted by Crippen LogP contribution is 2.35. The molecule has 1 saturated carbocycles. The lowest BCUT2D eigenvalue weighted by molar-refractivity contribution is 0.174. The number of hydrogen-bond acceptors (Lipinski definition) is 6. The van der Waals surface area contributed by atoms with Crippen molar-refractivity contribution in [2.45, 2.75) is 57.8 Å². The van der Waals surface area contributed by atoms with Crippen LogP contribution >= 0.6 is 0 Å². The number of rotatable bonds is 6. The standard InChI is InChI=1S/C19H26N4O2/c1-12-9-14(10-23(12)15-7-8-15)20-17-6-4-5-16(13(17)2)19-21-18(11-24-3)22-25-19/h4-6,12,14-15,20H,7-11H2,1-3H3. The first-order valence-electron chi connectivity index (χ1n) is 9.09. The number of benzene rings is 1. The highest BCUT2D eigenvalue weighted by Gasteiger charge is 2.38. The fourth-order valence-electron chi connectivity index (χ4n) is 3.87. The van der Waals surface area contributed by atoms with Gasteiger partial charge in [0.05, 0.1) is 0 Å². The molecule has 2 aliphatic rings. The summed E-state index contributed by atoms with van der Waals surface area (Å²) >= 11 is 0. The molecule has 0 amide bonds. The summed E-state index contributed by atoms with van der Waals surface area (Å²) in [5.41, 5.74) is 3.27. The van der Waals surface area contributed by atoms with Gasteiger partial charge in [-0.3, -0.25) is 4.90 Å². The summed E-state index contributed by atoms with van der Waals surface area (Å²) in [5.74, 6) is 1.12. The van der Waals surface area contributed by atoms with Crippen LogP contribution in [-0.4, -0.2) is 46.8 Å². The fraction of sp³-hybridized carbons (Fsp3) is 0.579. The first-order chi connectivity index (χ1) is 12.2. The van der Waals surface area contributed by atoms with E-state index in [1.165, 1.54) is 19.3 Å². The predicted molar refractivity (Wildman–Crippen MR) is 96.4 cm³/mol. The molecule has 2 atom stereocenters. The fourth-order valence-corrected chi connectivity index (χ4v) is 3.87. The monoisotopic (exact) mass is 342 g/mol. The summed E-state index contributed by atoms with van der Waals surface area (Å²) in [6, 6.07) is 8.19. The van der Waals surface area contributed by atoms with Crippen LogP contribution in [0, 0.1) is 6.92 Å². The van der Waals surface area contributed by atoms with Crippen LogP contribution in [0.4, 0.5) is 5.69 Å². The molecular weight excluding hydrogens is 316 g/mol. The van der Waals surface area contributed by atoms with Crippen LogP contribution in [0.3, 0.4) is 0 Å². The van der Waals surface area contributed by atoms with Crippen molar-refractivity contribution in [1.82, 2.24) is 15.0 Å². The maximum atomic E-state index is 5.41. The Labute approximate surface area is 148 Å². The van der Waals surface area contributed by atoms with Gasteiger partial charge >= 0.3 is 0 Å². The molecule has 1 saturated heterocycles. The second-order valence-electron chi connectivity index (χ2n) is 7.28. The molecule has 1 aromatic carbocycles. The molecule has 134 valence electrons. The number of nitrogens with one attached hydrogen (secondary N) is 1. The Morgan fingerprint density at radius 3 is 2.96 bits per heavy atom. The van der Waals surface area contributed by atoms with E-state index in [0.29, 0.717) is 30.4 Å². The van der Waals surface area contributed by atoms with Gasteiger partial charge in [-0.2, -0.15) is 4.98 Å². The van der Waals surface area contributed by atoms with Gasteiger partial charge in [0.1, 0.15) is 6.61 Å². The van der Waals surface area contributed by atoms with E-state index < -0.39 is 0 Å². The number of aromatic nitrogens is 2. The molecule has 0 spiro atoms. The number of likely N-dealkylation sites (tertiary alicyclic amines) is 1. The van der Waals surface area contributed by atoms with Gasteiger partial charge in [-0.25, -0.2) is 0 Å². The number of methoxy groups -OCH3 is 1. The third kappa shape index (κ3) is 3.41. The molecule has 2 aromatic rings. The average molecular weight is 342 g/mol. The summed E-state index contributed by atoms with van der Waals surface area (Å²) in [5, 5.41) is 7.70. The Morgan fingerprint density at radius 1 is 1.36 bits per heavy atom. The van der Waals surface area contributed by atoms with E-state index in [0.717, 1.165) is 29.4 Å². The molecule has 1 aliphatic heterocycles. The van der Waals surface area contributed by atoms with Crippen LogP contribution in [0.5, 0.6) is 0 Å². The van der Waals surface area contributed by atoms with E-state index in [1.807, 2.05) is 12.1 Å². The van der Waals surface area contributed by atoms with Gasteiger partial charge in [0.25, 0.3) is 5.89 Å². The average Bonchev–Trinajstić information content (AvgIpc) is 3.22. The lowest BCUT2D eigenvalue weighted by Crippen LogP contribution is -2.31. The molecular formula is C19H26N4O2. The van der Waals surface area contributed by atoms with Crippen LogP contribution in [0.2, 0.25) is 0 Å². The Hall–Kier alpha value is -1.92. The van der Waals surface area contributed by atoms with Crippen molar-refractivity contribution in [3.8, 4) is 11.5 Å². The zero-order valence-electron chi connectivity index (χ0n) is 15.2. The molecule has 4 rings (SSSR count). The molecule has 2 heterocycles. The van der Waals surface area contributed by atoms with E-state index in [-0.39, 0.29) is 0 Å². The minimum Gasteiger partial charge on any atom is -0.381 e. The highest BCUT2D eigenvalue weighted by molar-refractivity contribution is 5.68. The van der Waals surface area contributed by atoms with Crippen molar-refractivity contribution < 1.29 is 9.26 Å². The van der Waals surface area contributed by atoms with Gasteiger partial charge in [0.15, 0.2) is 5.82 Å². The predicted octanol–water partition coefficient (Wildman–Crippen LogP) is 3.23. The molecule has 2 fully saturated rings. The molecule has 0 bridgehead atoms. The molecule has 2 unspecified atom stereocenters. The second kappa shape index (κ2) is 6.77. The van der Waals surface area contributed by atoms with Crippen LogP contribution < -0.4 is 5.32 Å². The van der Waals surface area contributed by atoms with Crippen LogP contribution in [0.15, 0.2) is 22.7 Å². The smallest absolute Gasteiger partial charge is 0.258 e. The summed E-state index contributed by atoms with van der Waals surface area (Å²) in [7, 11) is 1.62. The van der Waals surface area contributed by atoms with Crippen molar-refractivity contribution in [2.75, 3.05) is 19.0 Å². The largest absolute Gasteiger partial charge is 0.381 e. The van der Waals surface area contributed by atoms with E-state index in [4.69, 9.17) is 9.26 Å². The van der Waals surface area contributed by atoms with Crippen LogP contribution in [0.1, 0.15) is 37.6 Å². The normalized spacial score (nSPS) is 24.0. The molecule has 25 heavy (non-hydrogen) atoms. The van der Waals surface area contributed by atoms with Crippen LogP contribution in [-0.2, 0) is 11.3 Å². The van der Waals surface area contributed by atoms with E-state index >= 15 is 0 Å². The number of hydrogen-bond donors (Lipinski definition) is 1. The molecule has 1 aliphatic carbocycles. The Morgan fingerprint density at radius 2 is 2.20 bits per heavy atom. The summed E-state index contributed by atoms with van der Waals surface area (Å²) in [6.07, 6.45) is 3.93. The van der Waals surface area contributed by atoms with Gasteiger partial charge < -0.3 is 14.6 Å². The van der Waals surface area contributed by atoms with Gasteiger partial charge in [0, 0.05) is 43.0 Å². The first-order valence-corrected chi connectivity index (χ1v) is 9.09. The first kappa shape index (κ1) is 16.5. The number of nitrogens with zero attached hydrogens (tertiary/aromatic N) is 3. The zero-order valence-corrected chi connectivity index (χ0v) is 15.2. The topological polar surface area (TPSA) is 63.4 Å². The van der Waals surface area contributed by atoms with Crippen molar-refractivity contribution in [2.24, 2.45) is 0 Å². The van der Waals surface area contributed by atoms with Crippen LogP contribution in [0.25, 0.3) is 11.5 Å². The Bertz CT molecular complexity index is 741. The lowest BCUT2D eigenvalue weighted by atomic mass is 10.1.